The molecule has 0 aromatic heterocycles. The first-order valence-corrected chi connectivity index (χ1v) is 7.41. The van der Waals surface area contributed by atoms with Crippen molar-refractivity contribution in [1.29, 1.82) is 0 Å². The van der Waals surface area contributed by atoms with Crippen molar-refractivity contribution >= 4 is 23.4 Å². The molecule has 0 amide bonds. The molecule has 120 valence electrons. The van der Waals surface area contributed by atoms with Gasteiger partial charge in [0.1, 0.15) is 5.75 Å². The molecule has 0 aliphatic rings. The Morgan fingerprint density at radius 2 is 1.83 bits per heavy atom. The van der Waals surface area contributed by atoms with Crippen LogP contribution in [-0.2, 0) is 4.84 Å². The first-order valence-electron chi connectivity index (χ1n) is 7.03. The standard InChI is InChI=1S/C17H17ClN2O3/c1-11(2)22-15-5-3-4-13(10-15)17(21)23-20-16(19)12-6-8-14(18)9-7-12/h3-11H,1-2H3,(H2,19,20). The molecule has 0 saturated heterocycles. The van der Waals surface area contributed by atoms with Crippen LogP contribution in [0, 0.1) is 0 Å². The van der Waals surface area contributed by atoms with E-state index in [9.17, 15) is 4.79 Å². The summed E-state index contributed by atoms with van der Waals surface area (Å²) in [6.07, 6.45) is 0.0137. The fourth-order valence-corrected chi connectivity index (χ4v) is 1.91. The van der Waals surface area contributed by atoms with Crippen molar-refractivity contribution < 1.29 is 14.4 Å². The van der Waals surface area contributed by atoms with Gasteiger partial charge in [-0.15, -0.1) is 0 Å². The SMILES string of the molecule is CC(C)Oc1cccc(C(=O)O/N=C(/N)c2ccc(Cl)cc2)c1. The molecule has 0 fully saturated rings. The fraction of sp³-hybridized carbons (Fsp3) is 0.176. The van der Waals surface area contributed by atoms with Crippen molar-refractivity contribution in [1.82, 2.24) is 0 Å². The number of halogens is 1. The summed E-state index contributed by atoms with van der Waals surface area (Å²) in [5, 5.41) is 4.24. The number of benzene rings is 2. The Morgan fingerprint density at radius 1 is 1.13 bits per heavy atom. The number of nitrogens with zero attached hydrogens (tertiary/aromatic N) is 1. The molecule has 6 heteroatoms. The second kappa shape index (κ2) is 7.65. The van der Waals surface area contributed by atoms with Crippen LogP contribution in [0.25, 0.3) is 0 Å². The molecule has 0 atom stereocenters. The molecule has 2 N–H and O–H groups in total. The van der Waals surface area contributed by atoms with E-state index >= 15 is 0 Å². The third-order valence-electron chi connectivity index (χ3n) is 2.81. The minimum Gasteiger partial charge on any atom is -0.491 e. The second-order valence-corrected chi connectivity index (χ2v) is 5.49. The molecule has 0 aliphatic heterocycles. The van der Waals surface area contributed by atoms with Gasteiger partial charge in [0, 0.05) is 10.6 Å². The molecule has 23 heavy (non-hydrogen) atoms. The van der Waals surface area contributed by atoms with Gasteiger partial charge >= 0.3 is 5.97 Å². The Labute approximate surface area is 139 Å². The van der Waals surface area contributed by atoms with Gasteiger partial charge < -0.3 is 15.3 Å². The molecular weight excluding hydrogens is 316 g/mol. The van der Waals surface area contributed by atoms with Crippen LogP contribution in [0.5, 0.6) is 5.75 Å². The number of carbonyl (C=O) groups is 1. The van der Waals surface area contributed by atoms with Gasteiger partial charge in [0.15, 0.2) is 5.84 Å². The van der Waals surface area contributed by atoms with Crippen LogP contribution in [0.4, 0.5) is 0 Å². The van der Waals surface area contributed by atoms with Gasteiger partial charge in [0.2, 0.25) is 0 Å². The van der Waals surface area contributed by atoms with Crippen LogP contribution in [0.1, 0.15) is 29.8 Å². The number of carbonyl (C=O) groups excluding carboxylic acids is 1. The molecule has 0 aliphatic carbocycles. The molecule has 0 saturated carbocycles. The summed E-state index contributed by atoms with van der Waals surface area (Å²) in [6.45, 7) is 3.81. The van der Waals surface area contributed by atoms with E-state index in [1.54, 1.807) is 48.5 Å². The van der Waals surface area contributed by atoms with E-state index in [4.69, 9.17) is 26.9 Å². The van der Waals surface area contributed by atoms with Crippen LogP contribution in [0.2, 0.25) is 5.02 Å². The zero-order valence-corrected chi connectivity index (χ0v) is 13.6. The van der Waals surface area contributed by atoms with Crippen molar-refractivity contribution in [2.45, 2.75) is 20.0 Å². The van der Waals surface area contributed by atoms with E-state index < -0.39 is 5.97 Å². The number of hydrogen-bond acceptors (Lipinski definition) is 4. The van der Waals surface area contributed by atoms with E-state index in [0.717, 1.165) is 0 Å². The number of ether oxygens (including phenoxy) is 1. The van der Waals surface area contributed by atoms with Gasteiger partial charge in [-0.05, 0) is 56.3 Å². The summed E-state index contributed by atoms with van der Waals surface area (Å²) >= 11 is 5.80. The normalized spacial score (nSPS) is 11.4. The zero-order valence-electron chi connectivity index (χ0n) is 12.8. The average molecular weight is 333 g/mol. The van der Waals surface area contributed by atoms with Crippen LogP contribution in [0.3, 0.4) is 0 Å². The van der Waals surface area contributed by atoms with Crippen molar-refractivity contribution in [3.8, 4) is 5.75 Å². The lowest BCUT2D eigenvalue weighted by atomic mass is 10.2. The van der Waals surface area contributed by atoms with Crippen LogP contribution < -0.4 is 10.5 Å². The number of amidine groups is 1. The fourth-order valence-electron chi connectivity index (χ4n) is 1.79. The van der Waals surface area contributed by atoms with Crippen molar-refractivity contribution in [2.75, 3.05) is 0 Å². The lowest BCUT2D eigenvalue weighted by Gasteiger charge is -2.10. The summed E-state index contributed by atoms with van der Waals surface area (Å²) in [4.78, 5) is 16.9. The molecule has 0 heterocycles. The van der Waals surface area contributed by atoms with E-state index in [1.807, 2.05) is 13.8 Å². The van der Waals surface area contributed by atoms with E-state index in [-0.39, 0.29) is 11.9 Å². The van der Waals surface area contributed by atoms with E-state index in [0.29, 0.717) is 21.9 Å². The molecule has 0 radical (unpaired) electrons. The monoisotopic (exact) mass is 332 g/mol. The molecule has 0 bridgehead atoms. The number of hydrogen-bond donors (Lipinski definition) is 1. The highest BCUT2D eigenvalue weighted by atomic mass is 35.5. The Balaban J connectivity index is 2.06. The third kappa shape index (κ3) is 5.00. The maximum absolute atomic E-state index is 12.0. The molecular formula is C17H17ClN2O3. The smallest absolute Gasteiger partial charge is 0.365 e. The zero-order chi connectivity index (χ0) is 16.8. The first kappa shape index (κ1) is 16.8. The summed E-state index contributed by atoms with van der Waals surface area (Å²) in [5.74, 6) is 0.0600. The highest BCUT2D eigenvalue weighted by Gasteiger charge is 2.10. The molecule has 0 unspecified atom stereocenters. The summed E-state index contributed by atoms with van der Waals surface area (Å²) < 4.78 is 5.53. The Hall–Kier alpha value is -2.53. The highest BCUT2D eigenvalue weighted by Crippen LogP contribution is 2.16. The predicted octanol–water partition coefficient (Wildman–Crippen LogP) is 3.60. The van der Waals surface area contributed by atoms with Crippen LogP contribution in [-0.4, -0.2) is 17.9 Å². The number of oxime groups is 1. The lowest BCUT2D eigenvalue weighted by molar-refractivity contribution is 0.0515. The summed E-state index contributed by atoms with van der Waals surface area (Å²) in [5.41, 5.74) is 6.71. The summed E-state index contributed by atoms with van der Waals surface area (Å²) in [6, 6.07) is 13.4. The van der Waals surface area contributed by atoms with Crippen LogP contribution in [0.15, 0.2) is 53.7 Å². The van der Waals surface area contributed by atoms with Crippen molar-refractivity contribution in [2.24, 2.45) is 10.9 Å². The predicted molar refractivity (Wildman–Crippen MR) is 89.8 cm³/mol. The van der Waals surface area contributed by atoms with E-state index in [2.05, 4.69) is 5.16 Å². The molecule has 5 nitrogen and oxygen atoms in total. The largest absolute Gasteiger partial charge is 0.491 e. The molecule has 2 aromatic rings. The highest BCUT2D eigenvalue weighted by molar-refractivity contribution is 6.30. The second-order valence-electron chi connectivity index (χ2n) is 5.06. The van der Waals surface area contributed by atoms with Gasteiger partial charge in [-0.2, -0.15) is 0 Å². The Bertz CT molecular complexity index is 712. The van der Waals surface area contributed by atoms with Crippen molar-refractivity contribution in [3.63, 3.8) is 0 Å². The van der Waals surface area contributed by atoms with Crippen LogP contribution >= 0.6 is 11.6 Å². The maximum atomic E-state index is 12.0. The summed E-state index contributed by atoms with van der Waals surface area (Å²) in [7, 11) is 0. The Morgan fingerprint density at radius 3 is 2.48 bits per heavy atom. The minimum absolute atomic E-state index is 0.0137. The quantitative estimate of drug-likeness (QED) is 0.393. The van der Waals surface area contributed by atoms with Gasteiger partial charge in [-0.3, -0.25) is 0 Å². The molecule has 2 rings (SSSR count). The lowest BCUT2D eigenvalue weighted by Crippen LogP contribution is -2.15. The number of nitrogens with two attached hydrogens (primary N) is 1. The first-order chi connectivity index (χ1) is 11.0. The van der Waals surface area contributed by atoms with Crippen molar-refractivity contribution in [3.05, 3.63) is 64.7 Å². The number of rotatable bonds is 5. The molecule has 2 aromatic carbocycles. The molecule has 0 spiro atoms. The van der Waals surface area contributed by atoms with Gasteiger partial charge in [-0.1, -0.05) is 22.8 Å². The van der Waals surface area contributed by atoms with Gasteiger partial charge in [0.05, 0.1) is 11.7 Å². The van der Waals surface area contributed by atoms with E-state index in [1.165, 1.54) is 0 Å². The average Bonchev–Trinajstić information content (AvgIpc) is 2.52. The Kier molecular flexibility index (Phi) is 5.60. The maximum Gasteiger partial charge on any atom is 0.365 e. The van der Waals surface area contributed by atoms with Gasteiger partial charge in [0.25, 0.3) is 0 Å². The van der Waals surface area contributed by atoms with Gasteiger partial charge in [-0.25, -0.2) is 4.79 Å². The topological polar surface area (TPSA) is 73.9 Å². The minimum atomic E-state index is -0.615. The third-order valence-corrected chi connectivity index (χ3v) is 3.06.